The van der Waals surface area contributed by atoms with Gasteiger partial charge in [-0.15, -0.1) is 0 Å². The van der Waals surface area contributed by atoms with E-state index in [1.54, 1.807) is 0 Å². The van der Waals surface area contributed by atoms with E-state index in [2.05, 4.69) is 46.7 Å². The molecule has 0 saturated heterocycles. The van der Waals surface area contributed by atoms with Gasteiger partial charge in [0.2, 0.25) is 5.91 Å². The molecule has 1 aliphatic carbocycles. The van der Waals surface area contributed by atoms with E-state index in [0.717, 1.165) is 19.5 Å². The maximum absolute atomic E-state index is 12.3. The number of hydrogen-bond acceptors (Lipinski definition) is 2. The molecule has 0 aliphatic heterocycles. The van der Waals surface area contributed by atoms with Crippen LogP contribution in [0, 0.1) is 0 Å². The zero-order chi connectivity index (χ0) is 12.8. The van der Waals surface area contributed by atoms with Crippen molar-refractivity contribution in [3.63, 3.8) is 0 Å². The third-order valence-corrected chi connectivity index (χ3v) is 4.50. The molecule has 17 heavy (non-hydrogen) atoms. The Bertz CT molecular complexity index is 240. The van der Waals surface area contributed by atoms with E-state index >= 15 is 0 Å². The molecule has 0 heterocycles. The second-order valence-corrected chi connectivity index (χ2v) is 6.25. The highest BCUT2D eigenvalue weighted by Gasteiger charge is 2.29. The second-order valence-electron chi connectivity index (χ2n) is 5.15. The minimum atomic E-state index is -0.00902. The summed E-state index contributed by atoms with van der Waals surface area (Å²) in [5, 5.41) is 0. The first-order valence-electron chi connectivity index (χ1n) is 6.65. The number of alkyl halides is 1. The highest BCUT2D eigenvalue weighted by Crippen LogP contribution is 2.25. The van der Waals surface area contributed by atoms with Crippen molar-refractivity contribution in [3.05, 3.63) is 0 Å². The first-order valence-corrected chi connectivity index (χ1v) is 7.57. The summed E-state index contributed by atoms with van der Waals surface area (Å²) >= 11 is 3.49. The van der Waals surface area contributed by atoms with Gasteiger partial charge in [-0.05, 0) is 33.4 Å². The van der Waals surface area contributed by atoms with Gasteiger partial charge in [0.05, 0.1) is 4.83 Å². The van der Waals surface area contributed by atoms with Gasteiger partial charge in [0.1, 0.15) is 0 Å². The number of halogens is 1. The molecule has 1 saturated carbocycles. The van der Waals surface area contributed by atoms with Crippen molar-refractivity contribution < 1.29 is 4.79 Å². The summed E-state index contributed by atoms with van der Waals surface area (Å²) in [7, 11) is 4.12. The molecule has 1 unspecified atom stereocenters. The van der Waals surface area contributed by atoms with Crippen LogP contribution in [0.1, 0.15) is 39.0 Å². The molecular formula is C13H25BrN2O. The average Bonchev–Trinajstić information content (AvgIpc) is 2.81. The monoisotopic (exact) mass is 304 g/mol. The second kappa shape index (κ2) is 7.37. The Morgan fingerprint density at radius 2 is 1.88 bits per heavy atom. The summed E-state index contributed by atoms with van der Waals surface area (Å²) in [4.78, 5) is 16.6. The largest absolute Gasteiger partial charge is 0.337 e. The molecule has 1 rings (SSSR count). The normalized spacial score (nSPS) is 18.6. The Kier molecular flexibility index (Phi) is 6.49. The van der Waals surface area contributed by atoms with Crippen LogP contribution in [0.15, 0.2) is 0 Å². The van der Waals surface area contributed by atoms with Crippen LogP contribution in [0.25, 0.3) is 0 Å². The van der Waals surface area contributed by atoms with Gasteiger partial charge in [-0.25, -0.2) is 0 Å². The smallest absolute Gasteiger partial charge is 0.236 e. The molecule has 1 fully saturated rings. The van der Waals surface area contributed by atoms with Crippen LogP contribution in [-0.4, -0.2) is 53.8 Å². The third kappa shape index (κ3) is 4.59. The fourth-order valence-corrected chi connectivity index (χ4v) is 2.61. The van der Waals surface area contributed by atoms with Gasteiger partial charge >= 0.3 is 0 Å². The van der Waals surface area contributed by atoms with Crippen molar-refractivity contribution in [2.75, 3.05) is 27.2 Å². The van der Waals surface area contributed by atoms with E-state index in [-0.39, 0.29) is 10.7 Å². The van der Waals surface area contributed by atoms with Gasteiger partial charge in [-0.3, -0.25) is 4.79 Å². The van der Waals surface area contributed by atoms with E-state index in [4.69, 9.17) is 0 Å². The van der Waals surface area contributed by atoms with Crippen molar-refractivity contribution >= 4 is 21.8 Å². The Balaban J connectivity index is 2.60. The predicted molar refractivity (Wildman–Crippen MR) is 75.5 cm³/mol. The van der Waals surface area contributed by atoms with Gasteiger partial charge in [-0.2, -0.15) is 0 Å². The first-order chi connectivity index (χ1) is 8.06. The zero-order valence-corrected chi connectivity index (χ0v) is 12.9. The zero-order valence-electron chi connectivity index (χ0n) is 11.3. The molecule has 1 atom stereocenters. The average molecular weight is 305 g/mol. The Morgan fingerprint density at radius 3 is 2.35 bits per heavy atom. The fourth-order valence-electron chi connectivity index (χ4n) is 2.35. The van der Waals surface area contributed by atoms with E-state index < -0.39 is 0 Å². The van der Waals surface area contributed by atoms with Crippen molar-refractivity contribution in [2.45, 2.75) is 49.9 Å². The standard InChI is InChI=1S/C13H25BrN2O/c1-4-12(14)13(17)16(10-9-15(2)3)11-7-5-6-8-11/h11-12H,4-10H2,1-3H3. The lowest BCUT2D eigenvalue weighted by Gasteiger charge is -2.31. The van der Waals surface area contributed by atoms with E-state index in [1.165, 1.54) is 25.7 Å². The summed E-state index contributed by atoms with van der Waals surface area (Å²) in [6.45, 7) is 3.86. The Morgan fingerprint density at radius 1 is 1.29 bits per heavy atom. The van der Waals surface area contributed by atoms with E-state index in [9.17, 15) is 4.79 Å². The van der Waals surface area contributed by atoms with Crippen LogP contribution in [0.3, 0.4) is 0 Å². The van der Waals surface area contributed by atoms with Gasteiger partial charge in [-0.1, -0.05) is 35.7 Å². The first kappa shape index (κ1) is 15.0. The van der Waals surface area contributed by atoms with Crippen molar-refractivity contribution in [3.8, 4) is 0 Å². The van der Waals surface area contributed by atoms with Gasteiger partial charge in [0.15, 0.2) is 0 Å². The lowest BCUT2D eigenvalue weighted by Crippen LogP contribution is -2.45. The summed E-state index contributed by atoms with van der Waals surface area (Å²) in [6.07, 6.45) is 5.78. The topological polar surface area (TPSA) is 23.6 Å². The molecule has 4 heteroatoms. The van der Waals surface area contributed by atoms with Crippen LogP contribution >= 0.6 is 15.9 Å². The van der Waals surface area contributed by atoms with Crippen LogP contribution < -0.4 is 0 Å². The highest BCUT2D eigenvalue weighted by atomic mass is 79.9. The minimum absolute atomic E-state index is 0.00902. The lowest BCUT2D eigenvalue weighted by molar-refractivity contribution is -0.132. The molecule has 0 aromatic rings. The van der Waals surface area contributed by atoms with Crippen molar-refractivity contribution in [2.24, 2.45) is 0 Å². The lowest BCUT2D eigenvalue weighted by atomic mass is 10.2. The molecular weight excluding hydrogens is 280 g/mol. The van der Waals surface area contributed by atoms with E-state index in [0.29, 0.717) is 6.04 Å². The highest BCUT2D eigenvalue weighted by molar-refractivity contribution is 9.10. The number of rotatable bonds is 6. The summed E-state index contributed by atoms with van der Waals surface area (Å²) in [5.74, 6) is 0.279. The maximum Gasteiger partial charge on any atom is 0.236 e. The molecule has 100 valence electrons. The van der Waals surface area contributed by atoms with Crippen molar-refractivity contribution in [1.82, 2.24) is 9.80 Å². The molecule has 0 radical (unpaired) electrons. The van der Waals surface area contributed by atoms with E-state index in [1.807, 2.05) is 0 Å². The number of hydrogen-bond donors (Lipinski definition) is 0. The van der Waals surface area contributed by atoms with Crippen LogP contribution in [0.5, 0.6) is 0 Å². The molecule has 0 aromatic heterocycles. The van der Waals surface area contributed by atoms with Gasteiger partial charge in [0, 0.05) is 19.1 Å². The third-order valence-electron chi connectivity index (χ3n) is 3.46. The number of nitrogens with zero attached hydrogens (tertiary/aromatic N) is 2. The molecule has 0 aromatic carbocycles. The van der Waals surface area contributed by atoms with Crippen LogP contribution in [0.2, 0.25) is 0 Å². The molecule has 0 bridgehead atoms. The number of carbonyl (C=O) groups excluding carboxylic acids is 1. The number of amides is 1. The number of likely N-dealkylation sites (N-methyl/N-ethyl adjacent to an activating group) is 1. The van der Waals surface area contributed by atoms with Gasteiger partial charge < -0.3 is 9.80 Å². The molecule has 0 spiro atoms. The maximum atomic E-state index is 12.3. The summed E-state index contributed by atoms with van der Waals surface area (Å²) < 4.78 is 0. The predicted octanol–water partition coefficient (Wildman–Crippen LogP) is 2.49. The molecule has 1 amide bonds. The quantitative estimate of drug-likeness (QED) is 0.704. The summed E-state index contributed by atoms with van der Waals surface area (Å²) in [5.41, 5.74) is 0. The molecule has 1 aliphatic rings. The minimum Gasteiger partial charge on any atom is -0.337 e. The molecule has 0 N–H and O–H groups in total. The summed E-state index contributed by atoms with van der Waals surface area (Å²) in [6, 6.07) is 0.481. The fraction of sp³-hybridized carbons (Fsp3) is 0.923. The SMILES string of the molecule is CCC(Br)C(=O)N(CCN(C)C)C1CCCC1. The Labute approximate surface area is 114 Å². The van der Waals surface area contributed by atoms with Crippen LogP contribution in [0.4, 0.5) is 0 Å². The number of carbonyl (C=O) groups is 1. The van der Waals surface area contributed by atoms with Crippen molar-refractivity contribution in [1.29, 1.82) is 0 Å². The van der Waals surface area contributed by atoms with Gasteiger partial charge in [0.25, 0.3) is 0 Å². The van der Waals surface area contributed by atoms with Crippen LogP contribution in [-0.2, 0) is 4.79 Å². The Hall–Kier alpha value is -0.0900. The molecule has 3 nitrogen and oxygen atoms in total.